The molecular formula is C14H16N4O5S2. The summed E-state index contributed by atoms with van der Waals surface area (Å²) in [6, 6.07) is 10.2. The van der Waals surface area contributed by atoms with Crippen LogP contribution in [-0.2, 0) is 20.0 Å². The predicted molar refractivity (Wildman–Crippen MR) is 91.5 cm³/mol. The second-order valence-corrected chi connectivity index (χ2v) is 8.31. The lowest BCUT2D eigenvalue weighted by atomic mass is 10.2. The van der Waals surface area contributed by atoms with Crippen molar-refractivity contribution in [2.45, 2.75) is 16.7 Å². The van der Waals surface area contributed by atoms with Crippen LogP contribution in [-0.4, -0.2) is 22.9 Å². The molecule has 2 aromatic carbocycles. The fourth-order valence-electron chi connectivity index (χ4n) is 1.78. The zero-order valence-electron chi connectivity index (χ0n) is 13.1. The molecule has 0 radical (unpaired) electrons. The van der Waals surface area contributed by atoms with Crippen molar-refractivity contribution in [2.24, 2.45) is 5.14 Å². The minimum absolute atomic E-state index is 0.0502. The Morgan fingerprint density at radius 1 is 0.880 bits per heavy atom. The second kappa shape index (κ2) is 7.09. The van der Waals surface area contributed by atoms with Crippen molar-refractivity contribution in [3.05, 3.63) is 54.1 Å². The largest absolute Gasteiger partial charge is 0.347 e. The molecule has 0 atom stereocenters. The van der Waals surface area contributed by atoms with Gasteiger partial charge in [0.2, 0.25) is 10.0 Å². The fraction of sp³-hybridized carbons (Fsp3) is 0.0714. The van der Waals surface area contributed by atoms with Crippen LogP contribution in [0.25, 0.3) is 0 Å². The minimum Gasteiger partial charge on any atom is -0.297 e. The fourth-order valence-corrected chi connectivity index (χ4v) is 3.20. The number of nitrogens with two attached hydrogens (primary N) is 1. The van der Waals surface area contributed by atoms with E-state index in [1.807, 2.05) is 11.6 Å². The van der Waals surface area contributed by atoms with Crippen molar-refractivity contribution >= 4 is 31.8 Å². The van der Waals surface area contributed by atoms with Crippen LogP contribution in [0, 0.1) is 6.92 Å². The molecule has 11 heteroatoms. The Morgan fingerprint density at radius 2 is 1.40 bits per heavy atom. The molecule has 0 aliphatic carbocycles. The number of anilines is 1. The number of rotatable bonds is 5. The maximum Gasteiger partial charge on any atom is 0.347 e. The van der Waals surface area contributed by atoms with Gasteiger partial charge in [0.1, 0.15) is 0 Å². The summed E-state index contributed by atoms with van der Waals surface area (Å²) in [5, 5.41) is 4.97. The molecule has 134 valence electrons. The van der Waals surface area contributed by atoms with Crippen molar-refractivity contribution < 1.29 is 21.6 Å². The molecule has 0 bridgehead atoms. The molecule has 25 heavy (non-hydrogen) atoms. The van der Waals surface area contributed by atoms with E-state index in [0.717, 1.165) is 5.56 Å². The van der Waals surface area contributed by atoms with Crippen molar-refractivity contribution in [3.8, 4) is 0 Å². The van der Waals surface area contributed by atoms with E-state index in [1.165, 1.54) is 36.4 Å². The van der Waals surface area contributed by atoms with E-state index in [1.54, 1.807) is 12.1 Å². The molecule has 0 fully saturated rings. The first kappa shape index (κ1) is 18.7. The predicted octanol–water partition coefficient (Wildman–Crippen LogP) is 0.657. The number of hydrogen-bond donors (Lipinski definition) is 4. The lowest BCUT2D eigenvalue weighted by molar-refractivity contribution is 0.247. The number of hydrogen-bond acceptors (Lipinski definition) is 6. The summed E-state index contributed by atoms with van der Waals surface area (Å²) < 4.78 is 48.2. The summed E-state index contributed by atoms with van der Waals surface area (Å²) >= 11 is 0. The van der Waals surface area contributed by atoms with Crippen molar-refractivity contribution in [2.75, 3.05) is 5.43 Å². The highest BCUT2D eigenvalue weighted by Crippen LogP contribution is 2.12. The molecule has 0 heterocycles. The standard InChI is InChI=1S/C14H16N4O5S2/c1-10-2-6-13(7-3-10)25(22,23)18-14(19)17-16-11-4-8-12(9-5-11)24(15,20)21/h2-9,16H,1H3,(H2,15,20,21)(H2,17,18,19). The summed E-state index contributed by atoms with van der Waals surface area (Å²) in [6.45, 7) is 1.81. The normalized spacial score (nSPS) is 11.6. The molecule has 2 aromatic rings. The van der Waals surface area contributed by atoms with E-state index >= 15 is 0 Å². The first-order chi connectivity index (χ1) is 11.6. The van der Waals surface area contributed by atoms with E-state index in [4.69, 9.17) is 5.14 Å². The number of carbonyl (C=O) groups excluding carboxylic acids is 1. The number of carbonyl (C=O) groups is 1. The average molecular weight is 384 g/mol. The van der Waals surface area contributed by atoms with Crippen LogP contribution in [0.15, 0.2) is 58.3 Å². The van der Waals surface area contributed by atoms with E-state index in [2.05, 4.69) is 10.9 Å². The van der Waals surface area contributed by atoms with E-state index in [-0.39, 0.29) is 9.79 Å². The lowest BCUT2D eigenvalue weighted by Crippen LogP contribution is -2.42. The van der Waals surface area contributed by atoms with Gasteiger partial charge in [0.05, 0.1) is 15.5 Å². The Labute approximate surface area is 145 Å². The minimum atomic E-state index is -4.00. The topological polar surface area (TPSA) is 147 Å². The van der Waals surface area contributed by atoms with Crippen LogP contribution >= 0.6 is 0 Å². The number of hydrazine groups is 1. The van der Waals surface area contributed by atoms with Crippen LogP contribution in [0.1, 0.15) is 5.56 Å². The van der Waals surface area contributed by atoms with Crippen LogP contribution in [0.3, 0.4) is 0 Å². The first-order valence-electron chi connectivity index (χ1n) is 6.86. The number of nitrogens with one attached hydrogen (secondary N) is 3. The number of benzene rings is 2. The zero-order valence-corrected chi connectivity index (χ0v) is 14.7. The van der Waals surface area contributed by atoms with E-state index in [0.29, 0.717) is 5.69 Å². The lowest BCUT2D eigenvalue weighted by Gasteiger charge is -2.11. The average Bonchev–Trinajstić information content (AvgIpc) is 2.52. The summed E-state index contributed by atoms with van der Waals surface area (Å²) in [6.07, 6.45) is 0. The van der Waals surface area contributed by atoms with Crippen LogP contribution in [0.5, 0.6) is 0 Å². The highest BCUT2D eigenvalue weighted by atomic mass is 32.2. The Balaban J connectivity index is 1.97. The quantitative estimate of drug-likeness (QED) is 0.557. The number of amides is 2. The Morgan fingerprint density at radius 3 is 1.92 bits per heavy atom. The van der Waals surface area contributed by atoms with Gasteiger partial charge in [-0.25, -0.2) is 31.5 Å². The molecular weight excluding hydrogens is 368 g/mol. The van der Waals surface area contributed by atoms with Gasteiger partial charge in [-0.05, 0) is 43.3 Å². The first-order valence-corrected chi connectivity index (χ1v) is 9.89. The SMILES string of the molecule is Cc1ccc(S(=O)(=O)NC(=O)NNc2ccc(S(N)(=O)=O)cc2)cc1. The molecule has 9 nitrogen and oxygen atoms in total. The van der Waals surface area contributed by atoms with Crippen molar-refractivity contribution in [3.63, 3.8) is 0 Å². The summed E-state index contributed by atoms with van der Waals surface area (Å²) in [5.41, 5.74) is 5.79. The van der Waals surface area contributed by atoms with Gasteiger partial charge < -0.3 is 0 Å². The number of aryl methyl sites for hydroxylation is 1. The van der Waals surface area contributed by atoms with Gasteiger partial charge in [-0.15, -0.1) is 0 Å². The van der Waals surface area contributed by atoms with Crippen molar-refractivity contribution in [1.82, 2.24) is 10.1 Å². The van der Waals surface area contributed by atoms with Crippen LogP contribution in [0.2, 0.25) is 0 Å². The maximum absolute atomic E-state index is 12.0. The molecule has 0 unspecified atom stereocenters. The number of primary sulfonamides is 1. The second-order valence-electron chi connectivity index (χ2n) is 5.07. The number of sulfonamides is 2. The Bertz CT molecular complexity index is 969. The van der Waals surface area contributed by atoms with Crippen molar-refractivity contribution in [1.29, 1.82) is 0 Å². The molecule has 0 aromatic heterocycles. The molecule has 2 amide bonds. The van der Waals surface area contributed by atoms with Gasteiger partial charge >= 0.3 is 6.03 Å². The highest BCUT2D eigenvalue weighted by molar-refractivity contribution is 7.90. The maximum atomic E-state index is 12.0. The third kappa shape index (κ3) is 5.17. The van der Waals surface area contributed by atoms with Gasteiger partial charge in [-0.2, -0.15) is 0 Å². The zero-order chi connectivity index (χ0) is 18.7. The van der Waals surface area contributed by atoms with Gasteiger partial charge in [0.25, 0.3) is 10.0 Å². The Hall–Kier alpha value is -2.63. The van der Waals surface area contributed by atoms with Gasteiger partial charge in [0.15, 0.2) is 0 Å². The Kier molecular flexibility index (Phi) is 5.30. The van der Waals surface area contributed by atoms with Gasteiger partial charge in [0, 0.05) is 0 Å². The molecule has 2 rings (SSSR count). The summed E-state index contributed by atoms with van der Waals surface area (Å²) in [4.78, 5) is 11.6. The molecule has 0 aliphatic heterocycles. The third-order valence-corrected chi connectivity index (χ3v) is 5.34. The third-order valence-electron chi connectivity index (χ3n) is 3.06. The molecule has 0 saturated heterocycles. The van der Waals surface area contributed by atoms with Crippen LogP contribution in [0.4, 0.5) is 10.5 Å². The smallest absolute Gasteiger partial charge is 0.297 e. The number of urea groups is 1. The van der Waals surface area contributed by atoms with Gasteiger partial charge in [-0.1, -0.05) is 17.7 Å². The monoisotopic (exact) mass is 384 g/mol. The molecule has 5 N–H and O–H groups in total. The van der Waals surface area contributed by atoms with Crippen LogP contribution < -0.4 is 20.7 Å². The molecule has 0 aliphatic rings. The summed E-state index contributed by atoms with van der Waals surface area (Å²) in [7, 11) is -7.82. The highest BCUT2D eigenvalue weighted by Gasteiger charge is 2.17. The van der Waals surface area contributed by atoms with E-state index in [9.17, 15) is 21.6 Å². The molecule has 0 saturated carbocycles. The van der Waals surface area contributed by atoms with Gasteiger partial charge in [-0.3, -0.25) is 10.9 Å². The van der Waals surface area contributed by atoms with E-state index < -0.39 is 26.1 Å². The molecule has 0 spiro atoms. The summed E-state index contributed by atoms with van der Waals surface area (Å²) in [5.74, 6) is 0.